The van der Waals surface area contributed by atoms with Gasteiger partial charge in [0.1, 0.15) is 0 Å². The van der Waals surface area contributed by atoms with E-state index in [1.807, 2.05) is 36.4 Å². The van der Waals surface area contributed by atoms with Crippen LogP contribution in [0.1, 0.15) is 38.2 Å². The second-order valence-corrected chi connectivity index (χ2v) is 8.12. The van der Waals surface area contributed by atoms with Gasteiger partial charge < -0.3 is 9.47 Å². The Hall–Kier alpha value is -3.26. The number of hydrogen-bond acceptors (Lipinski definition) is 7. The van der Waals surface area contributed by atoms with E-state index in [2.05, 4.69) is 22.0 Å². The van der Waals surface area contributed by atoms with E-state index < -0.39 is 0 Å². The minimum Gasteiger partial charge on any atom is -0.493 e. The van der Waals surface area contributed by atoms with E-state index in [0.717, 1.165) is 24.0 Å². The number of thiazole rings is 1. The largest absolute Gasteiger partial charge is 0.493 e. The van der Waals surface area contributed by atoms with Crippen LogP contribution < -0.4 is 19.6 Å². The maximum Gasteiger partial charge on any atom is 0.291 e. The van der Waals surface area contributed by atoms with Gasteiger partial charge in [-0.3, -0.25) is 9.78 Å². The Morgan fingerprint density at radius 1 is 1.16 bits per heavy atom. The lowest BCUT2D eigenvalue weighted by molar-refractivity contribution is 0.285. The molecule has 8 heteroatoms. The number of pyridine rings is 1. The highest BCUT2D eigenvalue weighted by molar-refractivity contribution is 7.15. The van der Waals surface area contributed by atoms with Gasteiger partial charge in [0.25, 0.3) is 5.56 Å². The summed E-state index contributed by atoms with van der Waals surface area (Å²) in [5, 5.41) is 4.35. The lowest BCUT2D eigenvalue weighted by atomic mass is 10.2. The number of methoxy groups -OCH3 is 1. The van der Waals surface area contributed by atoms with Gasteiger partial charge in [0.15, 0.2) is 17.3 Å². The highest BCUT2D eigenvalue weighted by atomic mass is 32.1. The fourth-order valence-electron chi connectivity index (χ4n) is 3.21. The third-order valence-corrected chi connectivity index (χ3v) is 5.80. The second kappa shape index (κ2) is 9.70. The zero-order chi connectivity index (χ0) is 21.6. The predicted octanol–water partition coefficient (Wildman–Crippen LogP) is 3.73. The predicted molar refractivity (Wildman–Crippen MR) is 122 cm³/mol. The number of aromatic nitrogens is 4. The number of benzene rings is 1. The molecule has 0 saturated carbocycles. The molecular formula is C23H24N4O3S. The first-order chi connectivity index (χ1) is 15.2. The zero-order valence-electron chi connectivity index (χ0n) is 17.6. The topological polar surface area (TPSA) is 78.6 Å². The van der Waals surface area contributed by atoms with Gasteiger partial charge in [0, 0.05) is 18.0 Å². The number of ether oxygens (including phenoxy) is 2. The SMILES string of the molecule is CCCCCCOc1ccc(/C=c2/sc3nc(-c4cccnc4)nn3c2=O)cc1OC. The van der Waals surface area contributed by atoms with E-state index in [9.17, 15) is 4.79 Å². The molecule has 0 saturated heterocycles. The van der Waals surface area contributed by atoms with Crippen molar-refractivity contribution in [3.63, 3.8) is 0 Å². The first-order valence-corrected chi connectivity index (χ1v) is 11.1. The molecule has 0 spiro atoms. The quantitative estimate of drug-likeness (QED) is 0.372. The van der Waals surface area contributed by atoms with E-state index in [1.54, 1.807) is 19.5 Å². The van der Waals surface area contributed by atoms with Gasteiger partial charge in [-0.15, -0.1) is 5.10 Å². The van der Waals surface area contributed by atoms with Gasteiger partial charge in [-0.1, -0.05) is 43.6 Å². The molecule has 4 rings (SSSR count). The molecule has 3 heterocycles. The Bertz CT molecular complexity index is 1270. The minimum atomic E-state index is -0.196. The van der Waals surface area contributed by atoms with Gasteiger partial charge in [-0.05, 0) is 42.3 Å². The summed E-state index contributed by atoms with van der Waals surface area (Å²) in [5.41, 5.74) is 1.43. The van der Waals surface area contributed by atoms with Crippen molar-refractivity contribution < 1.29 is 9.47 Å². The third kappa shape index (κ3) is 4.74. The number of unbranched alkanes of at least 4 members (excludes halogenated alkanes) is 3. The van der Waals surface area contributed by atoms with Crippen LogP contribution in [0.2, 0.25) is 0 Å². The summed E-state index contributed by atoms with van der Waals surface area (Å²) in [6.07, 6.45) is 9.78. The van der Waals surface area contributed by atoms with E-state index in [1.165, 1.54) is 28.7 Å². The molecule has 0 amide bonds. The van der Waals surface area contributed by atoms with Gasteiger partial charge in [0.05, 0.1) is 18.2 Å². The van der Waals surface area contributed by atoms with Crippen LogP contribution in [-0.4, -0.2) is 33.3 Å². The summed E-state index contributed by atoms with van der Waals surface area (Å²) >= 11 is 1.30. The Kier molecular flexibility index (Phi) is 6.57. The van der Waals surface area contributed by atoms with Crippen molar-refractivity contribution in [3.05, 3.63) is 63.2 Å². The molecule has 7 nitrogen and oxygen atoms in total. The van der Waals surface area contributed by atoms with Crippen LogP contribution in [0, 0.1) is 0 Å². The highest BCUT2D eigenvalue weighted by Gasteiger charge is 2.12. The van der Waals surface area contributed by atoms with Crippen LogP contribution >= 0.6 is 11.3 Å². The van der Waals surface area contributed by atoms with Gasteiger partial charge in [0.2, 0.25) is 4.96 Å². The highest BCUT2D eigenvalue weighted by Crippen LogP contribution is 2.28. The number of nitrogens with zero attached hydrogens (tertiary/aromatic N) is 4. The first kappa shape index (κ1) is 21.0. The average Bonchev–Trinajstić information content (AvgIpc) is 3.34. The molecule has 0 aliphatic rings. The van der Waals surface area contributed by atoms with Gasteiger partial charge in [-0.2, -0.15) is 9.50 Å². The summed E-state index contributed by atoms with van der Waals surface area (Å²) in [4.78, 5) is 21.9. The molecule has 0 radical (unpaired) electrons. The van der Waals surface area contributed by atoms with Crippen molar-refractivity contribution in [1.29, 1.82) is 0 Å². The molecule has 1 aromatic carbocycles. The molecule has 0 aliphatic heterocycles. The Morgan fingerprint density at radius 3 is 2.81 bits per heavy atom. The molecular weight excluding hydrogens is 412 g/mol. The first-order valence-electron chi connectivity index (χ1n) is 10.3. The van der Waals surface area contributed by atoms with Crippen molar-refractivity contribution in [2.75, 3.05) is 13.7 Å². The fraction of sp³-hybridized carbons (Fsp3) is 0.304. The Morgan fingerprint density at radius 2 is 2.06 bits per heavy atom. The molecule has 4 aromatic rings. The van der Waals surface area contributed by atoms with Crippen molar-refractivity contribution in [3.8, 4) is 22.9 Å². The Labute approximate surface area is 184 Å². The summed E-state index contributed by atoms with van der Waals surface area (Å²) < 4.78 is 13.2. The summed E-state index contributed by atoms with van der Waals surface area (Å²) in [5.74, 6) is 1.85. The fourth-order valence-corrected chi connectivity index (χ4v) is 4.11. The minimum absolute atomic E-state index is 0.196. The van der Waals surface area contributed by atoms with Crippen molar-refractivity contribution in [2.24, 2.45) is 0 Å². The van der Waals surface area contributed by atoms with Crippen molar-refractivity contribution in [2.45, 2.75) is 32.6 Å². The monoisotopic (exact) mass is 436 g/mol. The van der Waals surface area contributed by atoms with Gasteiger partial charge >= 0.3 is 0 Å². The van der Waals surface area contributed by atoms with Crippen LogP contribution in [0.3, 0.4) is 0 Å². The maximum absolute atomic E-state index is 12.8. The molecule has 3 aromatic heterocycles. The number of rotatable bonds is 9. The molecule has 0 atom stereocenters. The third-order valence-electron chi connectivity index (χ3n) is 4.84. The molecule has 0 aliphatic carbocycles. The van der Waals surface area contributed by atoms with Gasteiger partial charge in [-0.25, -0.2) is 0 Å². The van der Waals surface area contributed by atoms with Crippen LogP contribution in [0.15, 0.2) is 47.5 Å². The summed E-state index contributed by atoms with van der Waals surface area (Å²) in [6.45, 7) is 2.85. The maximum atomic E-state index is 12.8. The molecule has 0 N–H and O–H groups in total. The zero-order valence-corrected chi connectivity index (χ0v) is 18.4. The van der Waals surface area contributed by atoms with Crippen LogP contribution in [0.5, 0.6) is 11.5 Å². The molecule has 0 bridgehead atoms. The smallest absolute Gasteiger partial charge is 0.291 e. The summed E-state index contributed by atoms with van der Waals surface area (Å²) in [6, 6.07) is 9.35. The average molecular weight is 437 g/mol. The van der Waals surface area contributed by atoms with E-state index in [4.69, 9.17) is 9.47 Å². The standard InChI is InChI=1S/C23H24N4O3S/c1-3-4-5-6-12-30-18-10-9-16(13-19(18)29-2)14-20-22(28)27-23(31-20)25-21(26-27)17-8-7-11-24-15-17/h7-11,13-15H,3-6,12H2,1-2H3/b20-14+. The molecule has 31 heavy (non-hydrogen) atoms. The lowest BCUT2D eigenvalue weighted by Crippen LogP contribution is -2.23. The molecule has 160 valence electrons. The number of fused-ring (bicyclic) bond motifs is 1. The molecule has 0 fully saturated rings. The van der Waals surface area contributed by atoms with E-state index in [0.29, 0.717) is 33.4 Å². The van der Waals surface area contributed by atoms with Crippen LogP contribution in [0.4, 0.5) is 0 Å². The van der Waals surface area contributed by atoms with Crippen LogP contribution in [0.25, 0.3) is 22.4 Å². The van der Waals surface area contributed by atoms with E-state index >= 15 is 0 Å². The van der Waals surface area contributed by atoms with Crippen LogP contribution in [-0.2, 0) is 0 Å². The number of hydrogen-bond donors (Lipinski definition) is 0. The normalized spacial score (nSPS) is 11.9. The summed E-state index contributed by atoms with van der Waals surface area (Å²) in [7, 11) is 1.62. The lowest BCUT2D eigenvalue weighted by Gasteiger charge is -2.11. The van der Waals surface area contributed by atoms with E-state index in [-0.39, 0.29) is 5.56 Å². The van der Waals surface area contributed by atoms with Crippen molar-refractivity contribution in [1.82, 2.24) is 19.6 Å². The van der Waals surface area contributed by atoms with Crippen molar-refractivity contribution >= 4 is 22.4 Å². The Balaban J connectivity index is 1.57. The molecule has 0 unspecified atom stereocenters. The second-order valence-electron chi connectivity index (χ2n) is 7.11.